The molecular weight excluding hydrogens is 245 g/mol. The molecule has 1 rings (SSSR count). The van der Waals surface area contributed by atoms with Crippen molar-refractivity contribution in [2.45, 2.75) is 19.3 Å². The van der Waals surface area contributed by atoms with Crippen LogP contribution in [-0.2, 0) is 0 Å². The molecule has 0 aliphatic rings. The van der Waals surface area contributed by atoms with Crippen LogP contribution in [-0.4, -0.2) is 19.0 Å². The number of unbranched alkanes of at least 4 members (excludes halogenated alkanes) is 2. The standard InChI is InChI=1S/C12H15F3N2O/c13-9-5-4-8(10(14)11(9)15)12(18)17-7-3-1-2-6-16/h4-5H,1-3,6-7,16H2,(H,17,18). The average molecular weight is 260 g/mol. The van der Waals surface area contributed by atoms with Crippen molar-refractivity contribution in [3.05, 3.63) is 35.1 Å². The minimum Gasteiger partial charge on any atom is -0.352 e. The van der Waals surface area contributed by atoms with Crippen LogP contribution in [0.25, 0.3) is 0 Å². The summed E-state index contributed by atoms with van der Waals surface area (Å²) < 4.78 is 38.8. The number of carbonyl (C=O) groups is 1. The lowest BCUT2D eigenvalue weighted by atomic mass is 10.1. The summed E-state index contributed by atoms with van der Waals surface area (Å²) in [5.74, 6) is -5.16. The molecule has 0 heterocycles. The lowest BCUT2D eigenvalue weighted by molar-refractivity contribution is 0.0947. The number of hydrogen-bond acceptors (Lipinski definition) is 2. The molecule has 0 saturated carbocycles. The van der Waals surface area contributed by atoms with Crippen LogP contribution in [0.5, 0.6) is 0 Å². The minimum atomic E-state index is -1.63. The highest BCUT2D eigenvalue weighted by Crippen LogP contribution is 2.14. The number of hydrogen-bond donors (Lipinski definition) is 2. The second-order valence-electron chi connectivity index (χ2n) is 3.83. The van der Waals surface area contributed by atoms with Crippen molar-refractivity contribution in [2.75, 3.05) is 13.1 Å². The van der Waals surface area contributed by atoms with Gasteiger partial charge in [-0.15, -0.1) is 0 Å². The van der Waals surface area contributed by atoms with Crippen LogP contribution in [0.4, 0.5) is 13.2 Å². The number of rotatable bonds is 6. The summed E-state index contributed by atoms with van der Waals surface area (Å²) in [5.41, 5.74) is 4.81. The van der Waals surface area contributed by atoms with Gasteiger partial charge in [-0.2, -0.15) is 0 Å². The Hall–Kier alpha value is -1.56. The Morgan fingerprint density at radius 3 is 2.50 bits per heavy atom. The van der Waals surface area contributed by atoms with Gasteiger partial charge in [0.15, 0.2) is 17.5 Å². The van der Waals surface area contributed by atoms with Gasteiger partial charge in [0.05, 0.1) is 5.56 Å². The number of nitrogens with two attached hydrogens (primary N) is 1. The van der Waals surface area contributed by atoms with E-state index in [-0.39, 0.29) is 0 Å². The Morgan fingerprint density at radius 2 is 1.83 bits per heavy atom. The van der Waals surface area contributed by atoms with Crippen molar-refractivity contribution >= 4 is 5.91 Å². The molecule has 100 valence electrons. The van der Waals surface area contributed by atoms with Gasteiger partial charge in [0.2, 0.25) is 0 Å². The van der Waals surface area contributed by atoms with E-state index in [4.69, 9.17) is 5.73 Å². The fourth-order valence-corrected chi connectivity index (χ4v) is 1.44. The third-order valence-corrected chi connectivity index (χ3v) is 2.45. The predicted octanol–water partition coefficient (Wildman–Crippen LogP) is 1.96. The van der Waals surface area contributed by atoms with Crippen LogP contribution in [0, 0.1) is 17.5 Å². The van der Waals surface area contributed by atoms with Gasteiger partial charge in [-0.05, 0) is 31.5 Å². The second kappa shape index (κ2) is 7.00. The third-order valence-electron chi connectivity index (χ3n) is 2.45. The molecular formula is C12H15F3N2O. The molecule has 1 amide bonds. The van der Waals surface area contributed by atoms with Gasteiger partial charge < -0.3 is 11.1 Å². The molecule has 3 N–H and O–H groups in total. The maximum atomic E-state index is 13.3. The molecule has 0 aromatic heterocycles. The van der Waals surface area contributed by atoms with Crippen LogP contribution in [0.15, 0.2) is 12.1 Å². The van der Waals surface area contributed by atoms with E-state index >= 15 is 0 Å². The van der Waals surface area contributed by atoms with E-state index in [1.165, 1.54) is 0 Å². The zero-order chi connectivity index (χ0) is 13.5. The molecule has 0 spiro atoms. The highest BCUT2D eigenvalue weighted by atomic mass is 19.2. The summed E-state index contributed by atoms with van der Waals surface area (Å²) in [7, 11) is 0. The maximum absolute atomic E-state index is 13.3. The summed E-state index contributed by atoms with van der Waals surface area (Å²) in [6, 6.07) is 1.64. The number of halogens is 3. The first-order valence-corrected chi connectivity index (χ1v) is 5.69. The quantitative estimate of drug-likeness (QED) is 0.607. The van der Waals surface area contributed by atoms with Crippen LogP contribution in [0.2, 0.25) is 0 Å². The predicted molar refractivity (Wildman–Crippen MR) is 61.6 cm³/mol. The van der Waals surface area contributed by atoms with E-state index in [0.29, 0.717) is 19.5 Å². The molecule has 18 heavy (non-hydrogen) atoms. The Kier molecular flexibility index (Phi) is 5.64. The largest absolute Gasteiger partial charge is 0.352 e. The van der Waals surface area contributed by atoms with Gasteiger partial charge in [-0.1, -0.05) is 6.42 Å². The highest BCUT2D eigenvalue weighted by molar-refractivity contribution is 5.94. The first-order valence-electron chi connectivity index (χ1n) is 5.69. The Bertz CT molecular complexity index is 424. The van der Waals surface area contributed by atoms with E-state index in [1.54, 1.807) is 0 Å². The summed E-state index contributed by atoms with van der Waals surface area (Å²) >= 11 is 0. The third kappa shape index (κ3) is 3.73. The molecule has 6 heteroatoms. The lowest BCUT2D eigenvalue weighted by Gasteiger charge is -2.06. The molecule has 3 nitrogen and oxygen atoms in total. The van der Waals surface area contributed by atoms with Gasteiger partial charge in [0.1, 0.15) is 0 Å². The maximum Gasteiger partial charge on any atom is 0.254 e. The Morgan fingerprint density at radius 1 is 1.11 bits per heavy atom. The van der Waals surface area contributed by atoms with Crippen LogP contribution < -0.4 is 11.1 Å². The smallest absolute Gasteiger partial charge is 0.254 e. The van der Waals surface area contributed by atoms with E-state index in [2.05, 4.69) is 5.32 Å². The van der Waals surface area contributed by atoms with Crippen molar-refractivity contribution in [1.29, 1.82) is 0 Å². The van der Waals surface area contributed by atoms with Crippen LogP contribution >= 0.6 is 0 Å². The lowest BCUT2D eigenvalue weighted by Crippen LogP contribution is -2.26. The number of amides is 1. The van der Waals surface area contributed by atoms with Crippen molar-refractivity contribution in [3.8, 4) is 0 Å². The topological polar surface area (TPSA) is 55.1 Å². The Balaban J connectivity index is 2.54. The fraction of sp³-hybridized carbons (Fsp3) is 0.417. The van der Waals surface area contributed by atoms with Gasteiger partial charge in [0.25, 0.3) is 5.91 Å². The van der Waals surface area contributed by atoms with Crippen molar-refractivity contribution in [3.63, 3.8) is 0 Å². The summed E-state index contributed by atoms with van der Waals surface area (Å²) in [6.45, 7) is 0.920. The summed E-state index contributed by atoms with van der Waals surface area (Å²) in [4.78, 5) is 11.5. The molecule has 1 aromatic carbocycles. The average Bonchev–Trinajstić information content (AvgIpc) is 2.35. The van der Waals surface area contributed by atoms with Crippen LogP contribution in [0.3, 0.4) is 0 Å². The van der Waals surface area contributed by atoms with Gasteiger partial charge in [0, 0.05) is 6.54 Å². The molecule has 0 atom stereocenters. The first-order chi connectivity index (χ1) is 8.57. The van der Waals surface area contributed by atoms with E-state index in [0.717, 1.165) is 25.0 Å². The molecule has 0 bridgehead atoms. The molecule has 0 unspecified atom stereocenters. The minimum absolute atomic E-state index is 0.345. The molecule has 1 aromatic rings. The van der Waals surface area contributed by atoms with Gasteiger partial charge in [-0.3, -0.25) is 4.79 Å². The number of nitrogens with one attached hydrogen (secondary N) is 1. The molecule has 0 saturated heterocycles. The highest BCUT2D eigenvalue weighted by Gasteiger charge is 2.18. The van der Waals surface area contributed by atoms with Crippen LogP contribution in [0.1, 0.15) is 29.6 Å². The van der Waals surface area contributed by atoms with Crippen molar-refractivity contribution < 1.29 is 18.0 Å². The molecule has 0 aliphatic heterocycles. The first kappa shape index (κ1) is 14.5. The van der Waals surface area contributed by atoms with E-state index in [9.17, 15) is 18.0 Å². The fourth-order valence-electron chi connectivity index (χ4n) is 1.44. The van der Waals surface area contributed by atoms with E-state index in [1.807, 2.05) is 0 Å². The molecule has 0 aliphatic carbocycles. The zero-order valence-corrected chi connectivity index (χ0v) is 9.81. The van der Waals surface area contributed by atoms with E-state index < -0.39 is 28.9 Å². The van der Waals surface area contributed by atoms with Crippen molar-refractivity contribution in [1.82, 2.24) is 5.32 Å². The normalized spacial score (nSPS) is 10.4. The van der Waals surface area contributed by atoms with Gasteiger partial charge >= 0.3 is 0 Å². The second-order valence-corrected chi connectivity index (χ2v) is 3.83. The zero-order valence-electron chi connectivity index (χ0n) is 9.81. The molecule has 0 radical (unpaired) electrons. The summed E-state index contributed by atoms with van der Waals surface area (Å²) in [6.07, 6.45) is 2.39. The molecule has 0 fully saturated rings. The number of benzene rings is 1. The SMILES string of the molecule is NCCCCCNC(=O)c1ccc(F)c(F)c1F. The Labute approximate surface area is 103 Å². The van der Waals surface area contributed by atoms with Crippen molar-refractivity contribution in [2.24, 2.45) is 5.73 Å². The summed E-state index contributed by atoms with van der Waals surface area (Å²) in [5, 5.41) is 2.44. The number of carbonyl (C=O) groups excluding carboxylic acids is 1. The van der Waals surface area contributed by atoms with Gasteiger partial charge in [-0.25, -0.2) is 13.2 Å². The monoisotopic (exact) mass is 260 g/mol.